The van der Waals surface area contributed by atoms with E-state index in [0.29, 0.717) is 17.0 Å². The van der Waals surface area contributed by atoms with Crippen LogP contribution in [0.2, 0.25) is 10.0 Å². The van der Waals surface area contributed by atoms with Crippen molar-refractivity contribution in [1.82, 2.24) is 10.3 Å². The van der Waals surface area contributed by atoms with Crippen molar-refractivity contribution in [2.45, 2.75) is 18.9 Å². The van der Waals surface area contributed by atoms with Crippen LogP contribution in [0.3, 0.4) is 0 Å². The molecule has 0 aliphatic carbocycles. The van der Waals surface area contributed by atoms with Crippen LogP contribution in [0.25, 0.3) is 0 Å². The summed E-state index contributed by atoms with van der Waals surface area (Å²) in [5, 5.41) is 15.2. The van der Waals surface area contributed by atoms with E-state index in [1.807, 2.05) is 11.4 Å². The molecule has 0 aliphatic rings. The predicted octanol–water partition coefficient (Wildman–Crippen LogP) is 3.76. The Morgan fingerprint density at radius 3 is 2.95 bits per heavy atom. The number of halogens is 2. The van der Waals surface area contributed by atoms with Crippen molar-refractivity contribution in [1.29, 1.82) is 5.26 Å². The zero-order valence-electron chi connectivity index (χ0n) is 10.8. The number of rotatable bonds is 5. The lowest BCUT2D eigenvalue weighted by molar-refractivity contribution is -0.121. The smallest absolute Gasteiger partial charge is 0.221 e. The summed E-state index contributed by atoms with van der Waals surface area (Å²) in [6.45, 7) is 0. The number of nitrogens with one attached hydrogen (secondary N) is 1. The number of amides is 1. The molecule has 4 nitrogen and oxygen atoms in total. The lowest BCUT2D eigenvalue weighted by atomic mass is 10.1. The van der Waals surface area contributed by atoms with E-state index in [4.69, 9.17) is 23.2 Å². The van der Waals surface area contributed by atoms with E-state index in [0.717, 1.165) is 5.01 Å². The molecule has 21 heavy (non-hydrogen) atoms. The number of hydrogen-bond acceptors (Lipinski definition) is 4. The molecule has 0 spiro atoms. The highest BCUT2D eigenvalue weighted by molar-refractivity contribution is 7.09. The summed E-state index contributed by atoms with van der Waals surface area (Å²) in [5.74, 6) is -0.229. The van der Waals surface area contributed by atoms with Gasteiger partial charge in [0.05, 0.1) is 21.1 Å². The zero-order valence-corrected chi connectivity index (χ0v) is 13.2. The fraction of sp³-hybridized carbons (Fsp3) is 0.214. The third-order valence-electron chi connectivity index (χ3n) is 2.78. The molecule has 1 amide bonds. The summed E-state index contributed by atoms with van der Waals surface area (Å²) in [4.78, 5) is 16.0. The maximum Gasteiger partial charge on any atom is 0.221 e. The first-order chi connectivity index (χ1) is 10.1. The molecule has 1 heterocycles. The van der Waals surface area contributed by atoms with Crippen LogP contribution in [0.1, 0.15) is 23.0 Å². The Morgan fingerprint density at radius 1 is 1.48 bits per heavy atom. The molecule has 0 unspecified atom stereocenters. The van der Waals surface area contributed by atoms with E-state index in [2.05, 4.69) is 10.3 Å². The molecule has 2 rings (SSSR count). The maximum absolute atomic E-state index is 11.9. The van der Waals surface area contributed by atoms with Crippen molar-refractivity contribution < 1.29 is 4.79 Å². The third kappa shape index (κ3) is 4.18. The second kappa shape index (κ2) is 7.41. The Kier molecular flexibility index (Phi) is 5.57. The summed E-state index contributed by atoms with van der Waals surface area (Å²) in [5.41, 5.74) is 0.495. The van der Waals surface area contributed by atoms with E-state index in [1.165, 1.54) is 11.3 Å². The van der Waals surface area contributed by atoms with Gasteiger partial charge in [0, 0.05) is 30.0 Å². The Bertz CT molecular complexity index is 667. The van der Waals surface area contributed by atoms with Gasteiger partial charge in [-0.1, -0.05) is 35.3 Å². The average Bonchev–Trinajstić information content (AvgIpc) is 2.99. The standard InChI is InChI=1S/C14H11Cl2N3OS/c15-10-3-1-2-9(14(10)16)11(8-17)19-12(20)4-5-13-18-6-7-21-13/h1-3,6-7,11H,4-5H2,(H,19,20)/t11-/m0/s1. The number of carbonyl (C=O) groups is 1. The van der Waals surface area contributed by atoms with Crippen molar-refractivity contribution >= 4 is 40.4 Å². The number of carbonyl (C=O) groups excluding carboxylic acids is 1. The van der Waals surface area contributed by atoms with Crippen molar-refractivity contribution in [2.24, 2.45) is 0 Å². The summed E-state index contributed by atoms with van der Waals surface area (Å²) >= 11 is 13.5. The molecule has 1 aromatic heterocycles. The van der Waals surface area contributed by atoms with Crippen LogP contribution < -0.4 is 5.32 Å². The zero-order chi connectivity index (χ0) is 15.2. The van der Waals surface area contributed by atoms with Gasteiger partial charge >= 0.3 is 0 Å². The lowest BCUT2D eigenvalue weighted by Crippen LogP contribution is -2.28. The van der Waals surface area contributed by atoms with Gasteiger partial charge in [0.15, 0.2) is 0 Å². The quantitative estimate of drug-likeness (QED) is 0.901. The number of thiazole rings is 1. The van der Waals surface area contributed by atoms with E-state index in [-0.39, 0.29) is 17.4 Å². The molecule has 0 saturated carbocycles. The lowest BCUT2D eigenvalue weighted by Gasteiger charge is -2.14. The van der Waals surface area contributed by atoms with Crippen molar-refractivity contribution in [2.75, 3.05) is 0 Å². The molecule has 0 aliphatic heterocycles. The van der Waals surface area contributed by atoms with Crippen LogP contribution in [0.4, 0.5) is 0 Å². The second-order valence-corrected chi connectivity index (χ2v) is 5.96. The monoisotopic (exact) mass is 339 g/mol. The van der Waals surface area contributed by atoms with Gasteiger partial charge in [-0.25, -0.2) is 4.98 Å². The van der Waals surface area contributed by atoms with Crippen LogP contribution in [-0.2, 0) is 11.2 Å². The average molecular weight is 340 g/mol. The van der Waals surface area contributed by atoms with E-state index in [1.54, 1.807) is 24.4 Å². The first-order valence-corrected chi connectivity index (χ1v) is 7.76. The van der Waals surface area contributed by atoms with Gasteiger partial charge in [0.2, 0.25) is 5.91 Å². The molecule has 108 valence electrons. The fourth-order valence-electron chi connectivity index (χ4n) is 1.75. The summed E-state index contributed by atoms with van der Waals surface area (Å²) in [6.07, 6.45) is 2.51. The molecule has 2 aromatic rings. The Balaban J connectivity index is 2.00. The van der Waals surface area contributed by atoms with Crippen molar-refractivity contribution in [3.63, 3.8) is 0 Å². The highest BCUT2D eigenvalue weighted by atomic mass is 35.5. The van der Waals surface area contributed by atoms with Gasteiger partial charge in [-0.15, -0.1) is 11.3 Å². The molecule has 1 aromatic carbocycles. The van der Waals surface area contributed by atoms with Gasteiger partial charge in [-0.2, -0.15) is 5.26 Å². The van der Waals surface area contributed by atoms with Gasteiger partial charge in [-0.3, -0.25) is 4.79 Å². The minimum Gasteiger partial charge on any atom is -0.337 e. The SMILES string of the molecule is N#C[C@H](NC(=O)CCc1nccs1)c1cccc(Cl)c1Cl. The van der Waals surface area contributed by atoms with E-state index in [9.17, 15) is 10.1 Å². The summed E-state index contributed by atoms with van der Waals surface area (Å²) in [6, 6.07) is 6.19. The second-order valence-electron chi connectivity index (χ2n) is 4.20. The minimum atomic E-state index is -0.819. The molecule has 7 heteroatoms. The van der Waals surface area contributed by atoms with Crippen LogP contribution in [-0.4, -0.2) is 10.9 Å². The number of nitriles is 1. The topological polar surface area (TPSA) is 65.8 Å². The number of aromatic nitrogens is 1. The Morgan fingerprint density at radius 2 is 2.29 bits per heavy atom. The number of hydrogen-bond donors (Lipinski definition) is 1. The summed E-state index contributed by atoms with van der Waals surface area (Å²) < 4.78 is 0. The maximum atomic E-state index is 11.9. The molecular weight excluding hydrogens is 329 g/mol. The number of benzene rings is 1. The summed E-state index contributed by atoms with van der Waals surface area (Å²) in [7, 11) is 0. The van der Waals surface area contributed by atoms with Gasteiger partial charge in [0.1, 0.15) is 6.04 Å². The highest BCUT2D eigenvalue weighted by Gasteiger charge is 2.18. The van der Waals surface area contributed by atoms with E-state index < -0.39 is 6.04 Å². The van der Waals surface area contributed by atoms with Gasteiger partial charge in [-0.05, 0) is 6.07 Å². The van der Waals surface area contributed by atoms with Crippen LogP contribution in [0.5, 0.6) is 0 Å². The molecule has 0 saturated heterocycles. The molecule has 1 N–H and O–H groups in total. The van der Waals surface area contributed by atoms with E-state index >= 15 is 0 Å². The van der Waals surface area contributed by atoms with Crippen LogP contribution in [0, 0.1) is 11.3 Å². The fourth-order valence-corrected chi connectivity index (χ4v) is 2.79. The largest absolute Gasteiger partial charge is 0.337 e. The Hall–Kier alpha value is -1.61. The first kappa shape index (κ1) is 15.8. The molecule has 0 radical (unpaired) electrons. The van der Waals surface area contributed by atoms with Gasteiger partial charge in [0.25, 0.3) is 0 Å². The van der Waals surface area contributed by atoms with Crippen LogP contribution in [0.15, 0.2) is 29.8 Å². The first-order valence-electron chi connectivity index (χ1n) is 6.13. The normalized spacial score (nSPS) is 11.7. The molecule has 1 atom stereocenters. The van der Waals surface area contributed by atoms with Crippen molar-refractivity contribution in [3.8, 4) is 6.07 Å². The van der Waals surface area contributed by atoms with Gasteiger partial charge < -0.3 is 5.32 Å². The minimum absolute atomic E-state index is 0.229. The highest BCUT2D eigenvalue weighted by Crippen LogP contribution is 2.29. The molecule has 0 fully saturated rings. The third-order valence-corrected chi connectivity index (χ3v) is 4.45. The molecular formula is C14H11Cl2N3OS. The number of nitrogens with zero attached hydrogens (tertiary/aromatic N) is 2. The molecule has 0 bridgehead atoms. The Labute approximate surface area is 136 Å². The predicted molar refractivity (Wildman–Crippen MR) is 83.4 cm³/mol. The van der Waals surface area contributed by atoms with Crippen LogP contribution >= 0.6 is 34.5 Å². The van der Waals surface area contributed by atoms with Crippen molar-refractivity contribution in [3.05, 3.63) is 50.4 Å². The number of aryl methyl sites for hydroxylation is 1.